The summed E-state index contributed by atoms with van der Waals surface area (Å²) in [5.41, 5.74) is 1.36. The van der Waals surface area contributed by atoms with E-state index >= 15 is 0 Å². The van der Waals surface area contributed by atoms with Gasteiger partial charge in [-0.2, -0.15) is 0 Å². The molecule has 2 aliphatic heterocycles. The Balaban J connectivity index is 1.52. The predicted octanol–water partition coefficient (Wildman–Crippen LogP) is 2.96. The molecular weight excluding hydrogens is 414 g/mol. The molecule has 8 heteroatoms. The minimum atomic E-state index is -0.101. The topological polar surface area (TPSA) is 75.8 Å². The fraction of sp³-hybridized carbons (Fsp3) is 0.565. The summed E-state index contributed by atoms with van der Waals surface area (Å²) in [6.45, 7) is 5.92. The molecule has 2 aromatic rings. The summed E-state index contributed by atoms with van der Waals surface area (Å²) in [4.78, 5) is 17.8. The number of aromatic amines is 1. The second-order valence-corrected chi connectivity index (χ2v) is 8.53. The Hall–Kier alpha value is -2.16. The number of benzene rings is 1. The van der Waals surface area contributed by atoms with Crippen LogP contribution in [0.15, 0.2) is 29.1 Å². The van der Waals surface area contributed by atoms with Crippen molar-refractivity contribution in [2.45, 2.75) is 51.4 Å². The summed E-state index contributed by atoms with van der Waals surface area (Å²) in [7, 11) is 0. The van der Waals surface area contributed by atoms with Crippen molar-refractivity contribution >= 4 is 28.2 Å². The molecule has 0 amide bonds. The van der Waals surface area contributed by atoms with E-state index in [0.29, 0.717) is 36.9 Å². The average molecular weight is 446 g/mol. The van der Waals surface area contributed by atoms with Gasteiger partial charge in [0, 0.05) is 42.8 Å². The van der Waals surface area contributed by atoms with E-state index in [0.717, 1.165) is 55.5 Å². The Morgan fingerprint density at radius 2 is 2.00 bits per heavy atom. The Morgan fingerprint density at radius 1 is 1.23 bits per heavy atom. The van der Waals surface area contributed by atoms with Gasteiger partial charge in [-0.3, -0.25) is 4.79 Å². The first-order valence-electron chi connectivity index (χ1n) is 11.2. The van der Waals surface area contributed by atoms with Gasteiger partial charge in [0.25, 0.3) is 5.56 Å². The van der Waals surface area contributed by atoms with Crippen LogP contribution in [0.5, 0.6) is 5.75 Å². The van der Waals surface area contributed by atoms with E-state index in [2.05, 4.69) is 10.3 Å². The number of rotatable bonds is 8. The third-order valence-electron chi connectivity index (χ3n) is 5.80. The molecule has 7 nitrogen and oxygen atoms in total. The van der Waals surface area contributed by atoms with Crippen LogP contribution in [0, 0.1) is 0 Å². The normalized spacial score (nSPS) is 20.8. The molecule has 3 heterocycles. The number of aromatic nitrogens is 1. The lowest BCUT2D eigenvalue weighted by molar-refractivity contribution is 0.0885. The Kier molecular flexibility index (Phi) is 7.42. The van der Waals surface area contributed by atoms with Gasteiger partial charge in [-0.1, -0.05) is 0 Å². The highest BCUT2D eigenvalue weighted by Crippen LogP contribution is 2.21. The van der Waals surface area contributed by atoms with Crippen molar-refractivity contribution in [3.63, 3.8) is 0 Å². The van der Waals surface area contributed by atoms with E-state index < -0.39 is 0 Å². The maximum absolute atomic E-state index is 12.8. The van der Waals surface area contributed by atoms with Crippen LogP contribution < -0.4 is 15.6 Å². The number of H-pyrrole nitrogens is 1. The van der Waals surface area contributed by atoms with Gasteiger partial charge in [0.15, 0.2) is 5.11 Å². The maximum Gasteiger partial charge on any atom is 0.253 e. The molecule has 2 aliphatic rings. The van der Waals surface area contributed by atoms with Crippen molar-refractivity contribution in [2.24, 2.45) is 0 Å². The first-order valence-corrected chi connectivity index (χ1v) is 11.6. The van der Waals surface area contributed by atoms with E-state index in [1.807, 2.05) is 36.1 Å². The van der Waals surface area contributed by atoms with Gasteiger partial charge in [0.1, 0.15) is 5.75 Å². The summed E-state index contributed by atoms with van der Waals surface area (Å²) in [5.74, 6) is 0.790. The zero-order valence-electron chi connectivity index (χ0n) is 18.0. The van der Waals surface area contributed by atoms with Gasteiger partial charge >= 0.3 is 0 Å². The van der Waals surface area contributed by atoms with E-state index in [1.165, 1.54) is 0 Å². The van der Waals surface area contributed by atoms with Crippen LogP contribution in [0.25, 0.3) is 10.9 Å². The lowest BCUT2D eigenvalue weighted by atomic mass is 10.1. The van der Waals surface area contributed by atoms with Crippen LogP contribution in [0.4, 0.5) is 0 Å². The minimum absolute atomic E-state index is 0.101. The summed E-state index contributed by atoms with van der Waals surface area (Å²) in [6, 6.07) is 7.64. The molecule has 2 saturated heterocycles. The van der Waals surface area contributed by atoms with Crippen LogP contribution >= 0.6 is 12.2 Å². The van der Waals surface area contributed by atoms with Crippen LogP contribution in [0.3, 0.4) is 0 Å². The number of fused-ring (bicyclic) bond motifs is 1. The third kappa shape index (κ3) is 5.75. The van der Waals surface area contributed by atoms with Gasteiger partial charge in [0.05, 0.1) is 25.4 Å². The molecule has 0 spiro atoms. The SMILES string of the molecule is CCOc1ccc2[nH]c(=O)c(CN(C[C@H]3CCCO3)C(=S)NC[C@H]3CCCO3)cc2c1. The summed E-state index contributed by atoms with van der Waals surface area (Å²) < 4.78 is 17.1. The number of hydrogen-bond acceptors (Lipinski definition) is 5. The zero-order chi connectivity index (χ0) is 21.6. The molecule has 1 aromatic carbocycles. The largest absolute Gasteiger partial charge is 0.494 e. The van der Waals surface area contributed by atoms with Crippen molar-refractivity contribution in [1.29, 1.82) is 0 Å². The van der Waals surface area contributed by atoms with E-state index in [9.17, 15) is 4.79 Å². The quantitative estimate of drug-likeness (QED) is 0.605. The smallest absolute Gasteiger partial charge is 0.253 e. The zero-order valence-corrected chi connectivity index (χ0v) is 18.8. The molecule has 168 valence electrons. The molecule has 2 fully saturated rings. The molecular formula is C23H31N3O4S. The molecule has 1 aromatic heterocycles. The first-order chi connectivity index (χ1) is 15.1. The summed E-state index contributed by atoms with van der Waals surface area (Å²) in [5, 5.41) is 4.92. The van der Waals surface area contributed by atoms with Gasteiger partial charge in [-0.15, -0.1) is 0 Å². The molecule has 0 radical (unpaired) electrons. The Bertz CT molecular complexity index is 951. The van der Waals surface area contributed by atoms with Gasteiger partial charge in [0.2, 0.25) is 0 Å². The highest BCUT2D eigenvalue weighted by molar-refractivity contribution is 7.80. The fourth-order valence-electron chi connectivity index (χ4n) is 4.18. The molecule has 31 heavy (non-hydrogen) atoms. The first kappa shape index (κ1) is 22.0. The molecule has 0 saturated carbocycles. The highest BCUT2D eigenvalue weighted by Gasteiger charge is 2.23. The van der Waals surface area contributed by atoms with Gasteiger partial charge < -0.3 is 29.4 Å². The highest BCUT2D eigenvalue weighted by atomic mass is 32.1. The standard InChI is InChI=1S/C23H31N3O4S/c1-2-28-18-7-8-21-16(12-18)11-17(22(27)25-21)14-26(15-20-6-4-10-30-20)23(31)24-13-19-5-3-9-29-19/h7-8,11-12,19-20H,2-6,9-10,13-15H2,1H3,(H,24,31)(H,25,27)/t19-,20-/m1/s1. The molecule has 2 atom stereocenters. The Labute approximate surface area is 188 Å². The lowest BCUT2D eigenvalue weighted by Crippen LogP contribution is -2.45. The van der Waals surface area contributed by atoms with E-state index in [4.69, 9.17) is 26.4 Å². The number of nitrogens with zero attached hydrogens (tertiary/aromatic N) is 1. The number of nitrogens with one attached hydrogen (secondary N) is 2. The monoisotopic (exact) mass is 445 g/mol. The number of hydrogen-bond donors (Lipinski definition) is 2. The summed E-state index contributed by atoms with van der Waals surface area (Å²) >= 11 is 5.71. The second-order valence-electron chi connectivity index (χ2n) is 8.14. The molecule has 0 bridgehead atoms. The molecule has 0 aliphatic carbocycles. The second kappa shape index (κ2) is 10.4. The van der Waals surface area contributed by atoms with Gasteiger partial charge in [-0.05, 0) is 69.1 Å². The summed E-state index contributed by atoms with van der Waals surface area (Å²) in [6.07, 6.45) is 4.54. The average Bonchev–Trinajstić information content (AvgIpc) is 3.46. The van der Waals surface area contributed by atoms with Crippen LogP contribution in [0.2, 0.25) is 0 Å². The fourth-order valence-corrected chi connectivity index (χ4v) is 4.40. The molecule has 4 rings (SSSR count). The van der Waals surface area contributed by atoms with Crippen molar-refractivity contribution in [3.8, 4) is 5.75 Å². The van der Waals surface area contributed by atoms with Crippen LogP contribution in [0.1, 0.15) is 38.2 Å². The van der Waals surface area contributed by atoms with Crippen molar-refractivity contribution in [3.05, 3.63) is 40.2 Å². The van der Waals surface area contributed by atoms with Crippen LogP contribution in [-0.2, 0) is 16.0 Å². The predicted molar refractivity (Wildman–Crippen MR) is 125 cm³/mol. The molecule has 2 N–H and O–H groups in total. The van der Waals surface area contributed by atoms with Crippen molar-refractivity contribution < 1.29 is 14.2 Å². The number of thiocarbonyl (C=S) groups is 1. The van der Waals surface area contributed by atoms with Crippen LogP contribution in [-0.4, -0.2) is 60.1 Å². The van der Waals surface area contributed by atoms with Crippen molar-refractivity contribution in [2.75, 3.05) is 32.9 Å². The number of pyridine rings is 1. The minimum Gasteiger partial charge on any atom is -0.494 e. The number of ether oxygens (including phenoxy) is 3. The van der Waals surface area contributed by atoms with Gasteiger partial charge in [-0.25, -0.2) is 0 Å². The van der Waals surface area contributed by atoms with E-state index in [1.54, 1.807) is 0 Å². The van der Waals surface area contributed by atoms with E-state index in [-0.39, 0.29) is 17.8 Å². The molecule has 0 unspecified atom stereocenters. The third-order valence-corrected chi connectivity index (χ3v) is 6.21. The van der Waals surface area contributed by atoms with Crippen molar-refractivity contribution in [1.82, 2.24) is 15.2 Å². The maximum atomic E-state index is 12.8. The Morgan fingerprint density at radius 3 is 2.71 bits per heavy atom. The lowest BCUT2D eigenvalue weighted by Gasteiger charge is -2.28.